The van der Waals surface area contributed by atoms with Crippen molar-refractivity contribution < 1.29 is 22.4 Å². The van der Waals surface area contributed by atoms with E-state index in [4.69, 9.17) is 0 Å². The Hall–Kier alpha value is -2.90. The van der Waals surface area contributed by atoms with Gasteiger partial charge in [0, 0.05) is 43.0 Å². The third kappa shape index (κ3) is 2.88. The molecular weight excluding hydrogens is 398 g/mol. The molecule has 2 aromatic carbocycles. The first-order valence-electron chi connectivity index (χ1n) is 9.76. The van der Waals surface area contributed by atoms with Crippen molar-refractivity contribution >= 4 is 17.3 Å². The number of hydrogen-bond donors (Lipinski definition) is 1. The Morgan fingerprint density at radius 1 is 1.17 bits per heavy atom. The van der Waals surface area contributed by atoms with Crippen LogP contribution in [-0.2, 0) is 10.3 Å². The van der Waals surface area contributed by atoms with E-state index >= 15 is 0 Å². The van der Waals surface area contributed by atoms with Gasteiger partial charge in [-0.2, -0.15) is 5.10 Å². The van der Waals surface area contributed by atoms with Crippen LogP contribution in [0.2, 0.25) is 0 Å². The first kappa shape index (κ1) is 20.4. The summed E-state index contributed by atoms with van der Waals surface area (Å²) in [4.78, 5) is 12.6. The fourth-order valence-corrected chi connectivity index (χ4v) is 4.66. The molecule has 30 heavy (non-hydrogen) atoms. The maximum atomic E-state index is 14.7. The second-order valence-corrected chi connectivity index (χ2v) is 7.86. The van der Waals surface area contributed by atoms with Gasteiger partial charge in [0.1, 0.15) is 28.8 Å². The molecule has 0 fully saturated rings. The van der Waals surface area contributed by atoms with Crippen LogP contribution < -0.4 is 5.32 Å². The number of nitrogens with one attached hydrogen (secondary N) is 1. The first-order valence-corrected chi connectivity index (χ1v) is 9.76. The van der Waals surface area contributed by atoms with Crippen LogP contribution in [0.3, 0.4) is 0 Å². The van der Waals surface area contributed by atoms with Gasteiger partial charge in [-0.1, -0.05) is 6.92 Å². The summed E-state index contributed by atoms with van der Waals surface area (Å²) < 4.78 is 57.6. The molecule has 0 aliphatic carbocycles. The van der Waals surface area contributed by atoms with Crippen LogP contribution in [0, 0.1) is 36.1 Å². The van der Waals surface area contributed by atoms with Gasteiger partial charge in [0.15, 0.2) is 0 Å². The summed E-state index contributed by atoms with van der Waals surface area (Å²) in [5.74, 6) is -3.53. The molecule has 1 N–H and O–H groups in total. The molecule has 2 heterocycles. The molecule has 4 nitrogen and oxygen atoms in total. The Kier molecular flexibility index (Phi) is 4.83. The molecule has 0 bridgehead atoms. The van der Waals surface area contributed by atoms with E-state index in [1.807, 2.05) is 6.92 Å². The number of fused-ring (bicyclic) bond motifs is 2. The van der Waals surface area contributed by atoms with Crippen molar-refractivity contribution in [3.8, 4) is 0 Å². The minimum Gasteiger partial charge on any atom is -0.382 e. The van der Waals surface area contributed by atoms with E-state index in [1.54, 1.807) is 0 Å². The number of benzene rings is 2. The van der Waals surface area contributed by atoms with Crippen LogP contribution in [0.25, 0.3) is 0 Å². The molecule has 0 saturated carbocycles. The van der Waals surface area contributed by atoms with Gasteiger partial charge >= 0.3 is 0 Å². The number of anilines is 1. The molecule has 2 aromatic rings. The van der Waals surface area contributed by atoms with Crippen molar-refractivity contribution in [3.63, 3.8) is 0 Å². The highest BCUT2D eigenvalue weighted by Gasteiger charge is 2.54. The molecule has 2 atom stereocenters. The lowest BCUT2D eigenvalue weighted by Gasteiger charge is -2.46. The molecule has 0 radical (unpaired) electrons. The van der Waals surface area contributed by atoms with E-state index < -0.39 is 34.7 Å². The van der Waals surface area contributed by atoms with E-state index in [0.717, 1.165) is 18.2 Å². The maximum Gasteiger partial charge on any atom is 0.240 e. The van der Waals surface area contributed by atoms with Crippen molar-refractivity contribution in [3.05, 3.63) is 64.2 Å². The lowest BCUT2D eigenvalue weighted by molar-refractivity contribution is -0.137. The maximum absolute atomic E-state index is 14.7. The minimum atomic E-state index is -1.20. The molecular formula is C22H21F4N3O. The third-order valence-corrected chi connectivity index (χ3v) is 6.11. The number of nitrogens with zero attached hydrogens (tertiary/aromatic N) is 2. The molecule has 2 aliphatic rings. The van der Waals surface area contributed by atoms with Crippen molar-refractivity contribution in [2.24, 2.45) is 11.0 Å². The van der Waals surface area contributed by atoms with Crippen molar-refractivity contribution in [2.45, 2.75) is 39.2 Å². The molecule has 2 aliphatic heterocycles. The van der Waals surface area contributed by atoms with E-state index in [-0.39, 0.29) is 40.4 Å². The minimum absolute atomic E-state index is 0.0160. The van der Waals surface area contributed by atoms with Crippen LogP contribution in [0.5, 0.6) is 0 Å². The number of hydrazone groups is 1. The summed E-state index contributed by atoms with van der Waals surface area (Å²) >= 11 is 0. The number of hydrogen-bond acceptors (Lipinski definition) is 3. The lowest BCUT2D eigenvalue weighted by Crippen LogP contribution is -2.53. The highest BCUT2D eigenvalue weighted by atomic mass is 19.1. The van der Waals surface area contributed by atoms with E-state index in [0.29, 0.717) is 13.0 Å². The Labute approximate surface area is 171 Å². The van der Waals surface area contributed by atoms with Gasteiger partial charge in [0.05, 0.1) is 11.4 Å². The summed E-state index contributed by atoms with van der Waals surface area (Å²) in [6, 6.07) is 4.09. The van der Waals surface area contributed by atoms with E-state index in [1.165, 1.54) is 24.9 Å². The fraction of sp³-hybridized carbons (Fsp3) is 0.364. The number of carbonyl (C=O) groups excluding carboxylic acids is 1. The quantitative estimate of drug-likeness (QED) is 0.707. The number of halogens is 4. The van der Waals surface area contributed by atoms with E-state index in [2.05, 4.69) is 10.4 Å². The summed E-state index contributed by atoms with van der Waals surface area (Å²) in [5, 5.41) is 8.52. The normalized spacial score (nSPS) is 22.7. The molecule has 8 heteroatoms. The molecule has 2 unspecified atom stereocenters. The summed E-state index contributed by atoms with van der Waals surface area (Å²) in [5.41, 5.74) is -0.603. The van der Waals surface area contributed by atoms with Gasteiger partial charge in [0.25, 0.3) is 0 Å². The predicted molar refractivity (Wildman–Crippen MR) is 105 cm³/mol. The van der Waals surface area contributed by atoms with Crippen molar-refractivity contribution in [2.75, 3.05) is 11.9 Å². The first-order chi connectivity index (χ1) is 14.2. The van der Waals surface area contributed by atoms with E-state index in [9.17, 15) is 22.4 Å². The third-order valence-electron chi connectivity index (χ3n) is 6.11. The summed E-state index contributed by atoms with van der Waals surface area (Å²) in [6.45, 7) is 4.97. The van der Waals surface area contributed by atoms with Gasteiger partial charge in [-0.3, -0.25) is 4.79 Å². The predicted octanol–water partition coefficient (Wildman–Crippen LogP) is 4.85. The average molecular weight is 419 g/mol. The molecule has 0 saturated heterocycles. The van der Waals surface area contributed by atoms with Crippen LogP contribution in [-0.4, -0.2) is 23.2 Å². The van der Waals surface area contributed by atoms with Gasteiger partial charge in [-0.15, -0.1) is 0 Å². The van der Waals surface area contributed by atoms with Gasteiger partial charge in [-0.05, 0) is 37.1 Å². The van der Waals surface area contributed by atoms with Crippen LogP contribution in [0.4, 0.5) is 23.2 Å². The lowest BCUT2D eigenvalue weighted by atomic mass is 9.70. The van der Waals surface area contributed by atoms with Gasteiger partial charge in [-0.25, -0.2) is 22.6 Å². The zero-order chi connectivity index (χ0) is 21.8. The Morgan fingerprint density at radius 2 is 1.90 bits per heavy atom. The van der Waals surface area contributed by atoms with Gasteiger partial charge in [0.2, 0.25) is 5.91 Å². The van der Waals surface area contributed by atoms with Crippen molar-refractivity contribution in [1.29, 1.82) is 0 Å². The smallest absolute Gasteiger partial charge is 0.240 e. The number of rotatable bonds is 2. The molecule has 1 spiro atoms. The highest BCUT2D eigenvalue weighted by molar-refractivity contribution is 6.04. The Bertz CT molecular complexity index is 1080. The standard InChI is InChI=1S/C22H21F4N3O/c1-4-13-10-27-21-16(6-14(23)7-19(21)26)22(13)9-20(28-29(22)12(3)30)15-8-17(24)11(2)5-18(15)25/h5-8,13,27H,4,9-10H2,1-3H3. The highest BCUT2D eigenvalue weighted by Crippen LogP contribution is 2.51. The number of aryl methyl sites for hydroxylation is 1. The zero-order valence-corrected chi connectivity index (χ0v) is 16.8. The summed E-state index contributed by atoms with van der Waals surface area (Å²) in [6.07, 6.45) is 0.587. The molecule has 1 amide bonds. The number of carbonyl (C=O) groups is 1. The van der Waals surface area contributed by atoms with Gasteiger partial charge < -0.3 is 5.32 Å². The largest absolute Gasteiger partial charge is 0.382 e. The monoisotopic (exact) mass is 419 g/mol. The average Bonchev–Trinajstić information content (AvgIpc) is 3.07. The Morgan fingerprint density at radius 3 is 2.57 bits per heavy atom. The Balaban J connectivity index is 1.94. The second-order valence-electron chi connectivity index (χ2n) is 7.86. The number of amides is 1. The topological polar surface area (TPSA) is 44.7 Å². The SMILES string of the molecule is CCC1CNc2c(F)cc(F)cc2C12CC(c1cc(F)c(C)cc1F)=NN2C(C)=O. The molecule has 0 aromatic heterocycles. The second kappa shape index (κ2) is 7.11. The van der Waals surface area contributed by atoms with Crippen molar-refractivity contribution in [1.82, 2.24) is 5.01 Å². The van der Waals surface area contributed by atoms with Crippen LogP contribution in [0.1, 0.15) is 43.4 Å². The molecule has 4 rings (SSSR count). The zero-order valence-electron chi connectivity index (χ0n) is 16.8. The van der Waals surface area contributed by atoms with Crippen LogP contribution >= 0.6 is 0 Å². The fourth-order valence-electron chi connectivity index (χ4n) is 4.66. The summed E-state index contributed by atoms with van der Waals surface area (Å²) in [7, 11) is 0. The molecule has 158 valence electrons. The van der Waals surface area contributed by atoms with Crippen LogP contribution in [0.15, 0.2) is 29.4 Å².